The Hall–Kier alpha value is -0.490. The molecule has 0 aliphatic rings. The number of carbonyl (C=O) groups excluding carboxylic acids is 1. The molecule has 0 aliphatic carbocycles. The van der Waals surface area contributed by atoms with Crippen LogP contribution in [0.2, 0.25) is 0 Å². The summed E-state index contributed by atoms with van der Waals surface area (Å²) in [6.07, 6.45) is -2.87. The molecule has 3 nitrogen and oxygen atoms in total. The van der Waals surface area contributed by atoms with Crippen molar-refractivity contribution in [2.75, 3.05) is 19.8 Å². The van der Waals surface area contributed by atoms with Crippen LogP contribution in [0.25, 0.3) is 0 Å². The Kier molecular flexibility index (Phi) is 8.33. The van der Waals surface area contributed by atoms with Gasteiger partial charge in [0.2, 0.25) is 5.91 Å². The average Bonchev–Trinajstić information content (AvgIpc) is 2.18. The molecule has 0 heterocycles. The van der Waals surface area contributed by atoms with E-state index in [0.717, 1.165) is 12.8 Å². The fourth-order valence-electron chi connectivity index (χ4n) is 1.05. The van der Waals surface area contributed by atoms with Crippen LogP contribution in [0.4, 0.5) is 13.2 Å². The van der Waals surface area contributed by atoms with E-state index in [9.17, 15) is 18.0 Å². The zero-order valence-electron chi connectivity index (χ0n) is 9.65. The van der Waals surface area contributed by atoms with Gasteiger partial charge in [-0.3, -0.25) is 4.79 Å². The number of ether oxygens (including phenoxy) is 1. The third kappa shape index (κ3) is 13.4. The number of halogens is 4. The first-order chi connectivity index (χ1) is 7.81. The summed E-state index contributed by atoms with van der Waals surface area (Å²) in [7, 11) is 0. The van der Waals surface area contributed by atoms with Gasteiger partial charge in [0.15, 0.2) is 0 Å². The van der Waals surface area contributed by atoms with Crippen LogP contribution in [-0.4, -0.2) is 37.2 Å². The van der Waals surface area contributed by atoms with E-state index < -0.39 is 12.8 Å². The highest BCUT2D eigenvalue weighted by atomic mass is 35.5. The van der Waals surface area contributed by atoms with Crippen LogP contribution in [0.1, 0.15) is 26.2 Å². The van der Waals surface area contributed by atoms with Gasteiger partial charge >= 0.3 is 6.18 Å². The Morgan fingerprint density at radius 1 is 1.47 bits per heavy atom. The van der Waals surface area contributed by atoms with Crippen LogP contribution in [0.5, 0.6) is 0 Å². The number of carbonyl (C=O) groups is 1. The maximum absolute atomic E-state index is 11.7. The lowest BCUT2D eigenvalue weighted by Crippen LogP contribution is -2.26. The number of alkyl halides is 4. The van der Waals surface area contributed by atoms with Gasteiger partial charge in [0.1, 0.15) is 6.61 Å². The van der Waals surface area contributed by atoms with Crippen molar-refractivity contribution in [3.8, 4) is 0 Å². The van der Waals surface area contributed by atoms with Crippen LogP contribution in [0, 0.1) is 0 Å². The molecular weight excluding hydrogens is 259 g/mol. The summed E-state index contributed by atoms with van der Waals surface area (Å²) in [6, 6.07) is 0. The smallest absolute Gasteiger partial charge is 0.372 e. The van der Waals surface area contributed by atoms with Crippen molar-refractivity contribution < 1.29 is 22.7 Å². The number of hydrogen-bond donors (Lipinski definition) is 1. The minimum Gasteiger partial charge on any atom is -0.372 e. The second kappa shape index (κ2) is 8.58. The van der Waals surface area contributed by atoms with Gasteiger partial charge in [0.25, 0.3) is 0 Å². The number of hydrogen-bond acceptors (Lipinski definition) is 2. The Balaban J connectivity index is 3.35. The molecule has 1 amide bonds. The normalized spacial score (nSPS) is 13.5. The monoisotopic (exact) mass is 275 g/mol. The molecular formula is C10H17ClF3NO2. The lowest BCUT2D eigenvalue weighted by molar-refractivity contribution is -0.174. The molecule has 0 aromatic rings. The summed E-state index contributed by atoms with van der Waals surface area (Å²) in [4.78, 5) is 11.1. The summed E-state index contributed by atoms with van der Waals surface area (Å²) < 4.78 is 39.3. The molecule has 0 saturated carbocycles. The van der Waals surface area contributed by atoms with E-state index in [1.54, 1.807) is 0 Å². The first-order valence-electron chi connectivity index (χ1n) is 5.36. The zero-order valence-corrected chi connectivity index (χ0v) is 10.4. The van der Waals surface area contributed by atoms with Crippen LogP contribution in [0.15, 0.2) is 0 Å². The summed E-state index contributed by atoms with van der Waals surface area (Å²) in [6.45, 7) is 0.796. The molecule has 0 fully saturated rings. The fourth-order valence-corrected chi connectivity index (χ4v) is 1.21. The molecule has 0 saturated heterocycles. The second-order valence-electron chi connectivity index (χ2n) is 3.69. The quantitative estimate of drug-likeness (QED) is 0.546. The third-order valence-corrected chi connectivity index (χ3v) is 2.06. The molecule has 0 aromatic heterocycles. The Bertz CT molecular complexity index is 222. The van der Waals surface area contributed by atoms with Gasteiger partial charge < -0.3 is 10.1 Å². The maximum atomic E-state index is 11.7. The summed E-state index contributed by atoms with van der Waals surface area (Å²) in [5.74, 6) is -0.311. The largest absolute Gasteiger partial charge is 0.411 e. The molecule has 0 aromatic carbocycles. The van der Waals surface area contributed by atoms with Crippen molar-refractivity contribution in [1.29, 1.82) is 0 Å². The summed E-state index contributed by atoms with van der Waals surface area (Å²) >= 11 is 5.70. The predicted octanol–water partition coefficient (Wildman–Crippen LogP) is 2.48. The zero-order chi connectivity index (χ0) is 13.3. The minimum atomic E-state index is -4.34. The van der Waals surface area contributed by atoms with Crippen molar-refractivity contribution in [1.82, 2.24) is 5.32 Å². The number of amides is 1. The Morgan fingerprint density at radius 3 is 2.65 bits per heavy atom. The van der Waals surface area contributed by atoms with Crippen molar-refractivity contribution in [3.63, 3.8) is 0 Å². The molecule has 7 heteroatoms. The molecule has 1 unspecified atom stereocenters. The SMILES string of the molecule is CC(Cl)CCCNC(=O)CCOCC(F)(F)F. The van der Waals surface area contributed by atoms with Gasteiger partial charge in [-0.15, -0.1) is 11.6 Å². The number of rotatable bonds is 8. The van der Waals surface area contributed by atoms with Gasteiger partial charge in [-0.1, -0.05) is 0 Å². The van der Waals surface area contributed by atoms with E-state index in [-0.39, 0.29) is 24.3 Å². The van der Waals surface area contributed by atoms with Crippen molar-refractivity contribution in [2.45, 2.75) is 37.7 Å². The maximum Gasteiger partial charge on any atom is 0.411 e. The van der Waals surface area contributed by atoms with E-state index in [0.29, 0.717) is 6.54 Å². The predicted molar refractivity (Wildman–Crippen MR) is 59.0 cm³/mol. The average molecular weight is 276 g/mol. The lowest BCUT2D eigenvalue weighted by Gasteiger charge is -2.08. The minimum absolute atomic E-state index is 0.0574. The van der Waals surface area contributed by atoms with Crippen LogP contribution >= 0.6 is 11.6 Å². The first kappa shape index (κ1) is 16.5. The topological polar surface area (TPSA) is 38.3 Å². The van der Waals surface area contributed by atoms with E-state index in [1.807, 2.05) is 6.92 Å². The van der Waals surface area contributed by atoms with Crippen LogP contribution in [0.3, 0.4) is 0 Å². The highest BCUT2D eigenvalue weighted by molar-refractivity contribution is 6.20. The molecule has 0 radical (unpaired) electrons. The molecule has 1 atom stereocenters. The third-order valence-electron chi connectivity index (χ3n) is 1.84. The molecule has 0 rings (SSSR count). The summed E-state index contributed by atoms with van der Waals surface area (Å²) in [5, 5.41) is 2.63. The van der Waals surface area contributed by atoms with Gasteiger partial charge in [0, 0.05) is 18.3 Å². The van der Waals surface area contributed by atoms with E-state index in [2.05, 4.69) is 10.1 Å². The molecule has 0 aliphatic heterocycles. The van der Waals surface area contributed by atoms with Gasteiger partial charge in [0.05, 0.1) is 6.61 Å². The van der Waals surface area contributed by atoms with Gasteiger partial charge in [-0.2, -0.15) is 13.2 Å². The van der Waals surface area contributed by atoms with E-state index >= 15 is 0 Å². The Morgan fingerprint density at radius 2 is 2.12 bits per heavy atom. The lowest BCUT2D eigenvalue weighted by atomic mass is 10.2. The van der Waals surface area contributed by atoms with Crippen LogP contribution < -0.4 is 5.32 Å². The fraction of sp³-hybridized carbons (Fsp3) is 0.900. The van der Waals surface area contributed by atoms with Gasteiger partial charge in [-0.05, 0) is 19.8 Å². The van der Waals surface area contributed by atoms with Gasteiger partial charge in [-0.25, -0.2) is 0 Å². The molecule has 1 N–H and O–H groups in total. The molecule has 102 valence electrons. The van der Waals surface area contributed by atoms with Crippen molar-refractivity contribution in [3.05, 3.63) is 0 Å². The number of nitrogens with one attached hydrogen (secondary N) is 1. The first-order valence-corrected chi connectivity index (χ1v) is 5.80. The van der Waals surface area contributed by atoms with Crippen molar-refractivity contribution in [2.24, 2.45) is 0 Å². The highest BCUT2D eigenvalue weighted by Crippen LogP contribution is 2.14. The van der Waals surface area contributed by atoms with Crippen LogP contribution in [-0.2, 0) is 9.53 Å². The van der Waals surface area contributed by atoms with E-state index in [4.69, 9.17) is 11.6 Å². The molecule has 0 spiro atoms. The van der Waals surface area contributed by atoms with Crippen molar-refractivity contribution >= 4 is 17.5 Å². The highest BCUT2D eigenvalue weighted by Gasteiger charge is 2.27. The Labute approximate surface area is 104 Å². The second-order valence-corrected chi connectivity index (χ2v) is 4.44. The van der Waals surface area contributed by atoms with E-state index in [1.165, 1.54) is 0 Å². The standard InChI is InChI=1S/C10H17ClF3NO2/c1-8(11)3-2-5-15-9(16)4-6-17-7-10(12,13)14/h8H,2-7H2,1H3,(H,15,16). The molecule has 0 bridgehead atoms. The summed E-state index contributed by atoms with van der Waals surface area (Å²) in [5.41, 5.74) is 0. The molecule has 17 heavy (non-hydrogen) atoms.